The van der Waals surface area contributed by atoms with Crippen LogP contribution in [0.4, 0.5) is 0 Å². The van der Waals surface area contributed by atoms with Gasteiger partial charge in [-0.3, -0.25) is 4.79 Å². The lowest BCUT2D eigenvalue weighted by Crippen LogP contribution is -2.25. The zero-order valence-electron chi connectivity index (χ0n) is 16.8. The van der Waals surface area contributed by atoms with Gasteiger partial charge in [0.25, 0.3) is 0 Å². The quantitative estimate of drug-likeness (QED) is 0.683. The molecule has 0 aliphatic heterocycles. The number of nitrogens with zero attached hydrogens (tertiary/aromatic N) is 3. The van der Waals surface area contributed by atoms with E-state index in [-0.39, 0.29) is 12.0 Å². The van der Waals surface area contributed by atoms with Crippen molar-refractivity contribution in [1.29, 1.82) is 0 Å². The fourth-order valence-electron chi connectivity index (χ4n) is 3.00. The summed E-state index contributed by atoms with van der Waals surface area (Å²) in [6.07, 6.45) is 2.11. The van der Waals surface area contributed by atoms with Crippen LogP contribution in [0, 0.1) is 13.8 Å². The van der Waals surface area contributed by atoms with Crippen LogP contribution < -0.4 is 10.1 Å². The second-order valence-electron chi connectivity index (χ2n) is 7.02. The number of pyridine rings is 1. The van der Waals surface area contributed by atoms with Crippen LogP contribution in [-0.2, 0) is 17.8 Å². The summed E-state index contributed by atoms with van der Waals surface area (Å²) in [7, 11) is 0. The maximum atomic E-state index is 12.5. The molecule has 1 aromatic carbocycles. The third-order valence-electron chi connectivity index (χ3n) is 4.42. The molecule has 0 aliphatic carbocycles. The first-order valence-electron chi connectivity index (χ1n) is 9.43. The molecule has 6 heteroatoms. The minimum absolute atomic E-state index is 0.0404. The normalized spacial score (nSPS) is 10.9. The first-order valence-corrected chi connectivity index (χ1v) is 9.43. The van der Waals surface area contributed by atoms with Crippen LogP contribution in [0.2, 0.25) is 0 Å². The Kier molecular flexibility index (Phi) is 6.09. The average Bonchev–Trinajstić information content (AvgIpc) is 2.96. The summed E-state index contributed by atoms with van der Waals surface area (Å²) < 4.78 is 7.42. The number of carbonyl (C=O) groups is 1. The van der Waals surface area contributed by atoms with Crippen LogP contribution in [0.25, 0.3) is 5.69 Å². The van der Waals surface area contributed by atoms with Crippen molar-refractivity contribution in [3.05, 3.63) is 71.2 Å². The number of amides is 1. The standard InChI is InChI=1S/C22H26N4O2/c1-15(2)28-22-11-10-18(14-24-22)13-23-21(27)12-20-16(3)25-26(17(20)4)19-8-6-5-7-9-19/h5-11,14-15H,12-13H2,1-4H3,(H,23,27). The maximum Gasteiger partial charge on any atom is 0.224 e. The van der Waals surface area contributed by atoms with E-state index >= 15 is 0 Å². The maximum absolute atomic E-state index is 12.5. The fourth-order valence-corrected chi connectivity index (χ4v) is 3.00. The van der Waals surface area contributed by atoms with Gasteiger partial charge in [-0.1, -0.05) is 24.3 Å². The second-order valence-corrected chi connectivity index (χ2v) is 7.02. The number of para-hydroxylation sites is 1. The molecule has 0 unspecified atom stereocenters. The molecule has 0 saturated carbocycles. The van der Waals surface area contributed by atoms with Gasteiger partial charge in [0.05, 0.1) is 23.9 Å². The van der Waals surface area contributed by atoms with E-state index in [4.69, 9.17) is 4.74 Å². The number of nitrogens with one attached hydrogen (secondary N) is 1. The molecule has 0 saturated heterocycles. The molecular weight excluding hydrogens is 352 g/mol. The smallest absolute Gasteiger partial charge is 0.224 e. The molecule has 0 bridgehead atoms. The molecule has 2 aromatic heterocycles. The molecule has 2 heterocycles. The molecule has 1 N–H and O–H groups in total. The lowest BCUT2D eigenvalue weighted by molar-refractivity contribution is -0.120. The molecule has 6 nitrogen and oxygen atoms in total. The highest BCUT2D eigenvalue weighted by molar-refractivity contribution is 5.79. The summed E-state index contributed by atoms with van der Waals surface area (Å²) >= 11 is 0. The average molecular weight is 378 g/mol. The van der Waals surface area contributed by atoms with E-state index in [0.717, 1.165) is 28.2 Å². The van der Waals surface area contributed by atoms with Gasteiger partial charge in [0, 0.05) is 30.1 Å². The highest BCUT2D eigenvalue weighted by Gasteiger charge is 2.15. The predicted molar refractivity (Wildman–Crippen MR) is 109 cm³/mol. The van der Waals surface area contributed by atoms with Crippen molar-refractivity contribution in [3.8, 4) is 11.6 Å². The fraction of sp³-hybridized carbons (Fsp3) is 0.318. The van der Waals surface area contributed by atoms with Crippen LogP contribution in [0.15, 0.2) is 48.7 Å². The topological polar surface area (TPSA) is 69.0 Å². The van der Waals surface area contributed by atoms with Gasteiger partial charge in [0.1, 0.15) is 0 Å². The van der Waals surface area contributed by atoms with Crippen molar-refractivity contribution in [3.63, 3.8) is 0 Å². The zero-order valence-corrected chi connectivity index (χ0v) is 16.8. The Bertz CT molecular complexity index is 931. The number of rotatable bonds is 7. The lowest BCUT2D eigenvalue weighted by Gasteiger charge is -2.09. The molecule has 3 aromatic rings. The number of aromatic nitrogens is 3. The summed E-state index contributed by atoms with van der Waals surface area (Å²) in [5.74, 6) is 0.547. The van der Waals surface area contributed by atoms with Gasteiger partial charge in [-0.15, -0.1) is 0 Å². The first kappa shape index (κ1) is 19.6. The van der Waals surface area contributed by atoms with Crippen LogP contribution in [0.1, 0.15) is 36.4 Å². The van der Waals surface area contributed by atoms with Crippen molar-refractivity contribution < 1.29 is 9.53 Å². The van der Waals surface area contributed by atoms with Gasteiger partial charge in [0.2, 0.25) is 11.8 Å². The molecule has 0 fully saturated rings. The van der Waals surface area contributed by atoms with Crippen LogP contribution in [0.3, 0.4) is 0 Å². The summed E-state index contributed by atoms with van der Waals surface area (Å²) in [4.78, 5) is 16.7. The van der Waals surface area contributed by atoms with Gasteiger partial charge < -0.3 is 10.1 Å². The Morgan fingerprint density at radius 1 is 1.14 bits per heavy atom. The Morgan fingerprint density at radius 2 is 1.89 bits per heavy atom. The van der Waals surface area contributed by atoms with E-state index in [1.807, 2.05) is 74.8 Å². The predicted octanol–water partition coefficient (Wildman–Crippen LogP) is 3.53. The van der Waals surface area contributed by atoms with Gasteiger partial charge in [-0.25, -0.2) is 9.67 Å². The summed E-state index contributed by atoms with van der Waals surface area (Å²) in [6.45, 7) is 8.28. The Hall–Kier alpha value is -3.15. The molecule has 28 heavy (non-hydrogen) atoms. The molecular formula is C22H26N4O2. The molecule has 0 atom stereocenters. The van der Waals surface area contributed by atoms with E-state index in [9.17, 15) is 4.79 Å². The molecule has 146 valence electrons. The number of hydrogen-bond donors (Lipinski definition) is 1. The van der Waals surface area contributed by atoms with Gasteiger partial charge >= 0.3 is 0 Å². The molecule has 0 radical (unpaired) electrons. The van der Waals surface area contributed by atoms with Crippen molar-refractivity contribution in [1.82, 2.24) is 20.1 Å². The van der Waals surface area contributed by atoms with Crippen molar-refractivity contribution in [2.24, 2.45) is 0 Å². The van der Waals surface area contributed by atoms with Crippen LogP contribution in [0.5, 0.6) is 5.88 Å². The highest BCUT2D eigenvalue weighted by Crippen LogP contribution is 2.18. The van der Waals surface area contributed by atoms with Gasteiger partial charge in [-0.05, 0) is 45.4 Å². The van der Waals surface area contributed by atoms with Crippen LogP contribution in [-0.4, -0.2) is 26.8 Å². The van der Waals surface area contributed by atoms with Gasteiger partial charge in [0.15, 0.2) is 0 Å². The van der Waals surface area contributed by atoms with Crippen LogP contribution >= 0.6 is 0 Å². The lowest BCUT2D eigenvalue weighted by atomic mass is 10.1. The Balaban J connectivity index is 1.62. The number of hydrogen-bond acceptors (Lipinski definition) is 4. The minimum Gasteiger partial charge on any atom is -0.475 e. The van der Waals surface area contributed by atoms with E-state index in [1.54, 1.807) is 6.20 Å². The van der Waals surface area contributed by atoms with Crippen molar-refractivity contribution in [2.45, 2.75) is 46.8 Å². The summed E-state index contributed by atoms with van der Waals surface area (Å²) in [6, 6.07) is 13.7. The summed E-state index contributed by atoms with van der Waals surface area (Å²) in [5, 5.41) is 7.55. The zero-order chi connectivity index (χ0) is 20.1. The Morgan fingerprint density at radius 3 is 2.54 bits per heavy atom. The third-order valence-corrected chi connectivity index (χ3v) is 4.42. The van der Waals surface area contributed by atoms with E-state index in [2.05, 4.69) is 15.4 Å². The SMILES string of the molecule is Cc1nn(-c2ccccc2)c(C)c1CC(=O)NCc1ccc(OC(C)C)nc1. The second kappa shape index (κ2) is 8.69. The molecule has 3 rings (SSSR count). The Labute approximate surface area is 165 Å². The first-order chi connectivity index (χ1) is 13.4. The number of aryl methyl sites for hydroxylation is 1. The number of carbonyl (C=O) groups excluding carboxylic acids is 1. The largest absolute Gasteiger partial charge is 0.475 e. The highest BCUT2D eigenvalue weighted by atomic mass is 16.5. The van der Waals surface area contributed by atoms with E-state index in [1.165, 1.54) is 0 Å². The van der Waals surface area contributed by atoms with E-state index in [0.29, 0.717) is 18.8 Å². The monoisotopic (exact) mass is 378 g/mol. The van der Waals surface area contributed by atoms with E-state index < -0.39 is 0 Å². The molecule has 0 aliphatic rings. The minimum atomic E-state index is -0.0404. The van der Waals surface area contributed by atoms with Gasteiger partial charge in [-0.2, -0.15) is 5.10 Å². The third kappa shape index (κ3) is 4.76. The molecule has 1 amide bonds. The molecule has 0 spiro atoms. The van der Waals surface area contributed by atoms with Crippen molar-refractivity contribution >= 4 is 5.91 Å². The summed E-state index contributed by atoms with van der Waals surface area (Å²) in [5.41, 5.74) is 4.73. The van der Waals surface area contributed by atoms with Crippen molar-refractivity contribution in [2.75, 3.05) is 0 Å². The number of ether oxygens (including phenoxy) is 1. The number of benzene rings is 1.